The molecule has 0 radical (unpaired) electrons. The van der Waals surface area contributed by atoms with E-state index >= 15 is 0 Å². The van der Waals surface area contributed by atoms with Gasteiger partial charge >= 0.3 is 0 Å². The number of thiol groups is 1. The molecule has 2 atom stereocenters. The molecule has 1 aliphatic rings. The third-order valence-corrected chi connectivity index (χ3v) is 3.06. The van der Waals surface area contributed by atoms with E-state index in [4.69, 9.17) is 0 Å². The van der Waals surface area contributed by atoms with Crippen LogP contribution in [0.5, 0.6) is 0 Å². The van der Waals surface area contributed by atoms with E-state index in [0.717, 1.165) is 26.2 Å². The minimum Gasteiger partial charge on any atom is -0.339 e. The lowest BCUT2D eigenvalue weighted by Crippen LogP contribution is -2.54. The van der Waals surface area contributed by atoms with Crippen LogP contribution in [-0.2, 0) is 4.79 Å². The van der Waals surface area contributed by atoms with Gasteiger partial charge in [-0.2, -0.15) is 12.6 Å². The Morgan fingerprint density at radius 3 is 2.64 bits per heavy atom. The standard InChI is InChI=1S/C10H20N2OS/c1-4-11-5-6-12(7-8(11)2)10(13)9(3)14/h8-9,14H,4-7H2,1-3H3. The molecule has 1 heterocycles. The van der Waals surface area contributed by atoms with Crippen LogP contribution < -0.4 is 0 Å². The van der Waals surface area contributed by atoms with Gasteiger partial charge < -0.3 is 4.90 Å². The molecule has 1 saturated heterocycles. The second-order valence-corrected chi connectivity index (χ2v) is 4.71. The zero-order chi connectivity index (χ0) is 10.7. The molecule has 0 aromatic rings. The molecule has 1 fully saturated rings. The number of carbonyl (C=O) groups is 1. The van der Waals surface area contributed by atoms with E-state index < -0.39 is 0 Å². The van der Waals surface area contributed by atoms with E-state index in [-0.39, 0.29) is 11.2 Å². The van der Waals surface area contributed by atoms with Gasteiger partial charge in [0.25, 0.3) is 0 Å². The second-order valence-electron chi connectivity index (χ2n) is 3.94. The number of nitrogens with zero attached hydrogens (tertiary/aromatic N) is 2. The molecule has 2 unspecified atom stereocenters. The van der Waals surface area contributed by atoms with Gasteiger partial charge in [-0.15, -0.1) is 0 Å². The third kappa shape index (κ3) is 2.64. The molecule has 1 amide bonds. The molecule has 0 aromatic carbocycles. The minimum atomic E-state index is -0.171. The molecule has 0 aromatic heterocycles. The lowest BCUT2D eigenvalue weighted by Gasteiger charge is -2.39. The van der Waals surface area contributed by atoms with Crippen molar-refractivity contribution in [3.8, 4) is 0 Å². The fourth-order valence-electron chi connectivity index (χ4n) is 1.93. The molecule has 0 aliphatic carbocycles. The number of piperazine rings is 1. The second kappa shape index (κ2) is 5.03. The highest BCUT2D eigenvalue weighted by Gasteiger charge is 2.26. The van der Waals surface area contributed by atoms with Crippen LogP contribution in [0.25, 0.3) is 0 Å². The van der Waals surface area contributed by atoms with Gasteiger partial charge in [0.05, 0.1) is 5.25 Å². The van der Waals surface area contributed by atoms with Gasteiger partial charge in [-0.25, -0.2) is 0 Å². The van der Waals surface area contributed by atoms with Gasteiger partial charge in [-0.05, 0) is 20.4 Å². The van der Waals surface area contributed by atoms with Gasteiger partial charge in [0.2, 0.25) is 5.91 Å². The Balaban J connectivity index is 2.50. The number of hydrogen-bond donors (Lipinski definition) is 1. The quantitative estimate of drug-likeness (QED) is 0.692. The largest absolute Gasteiger partial charge is 0.339 e. The van der Waals surface area contributed by atoms with Crippen LogP contribution >= 0.6 is 12.6 Å². The third-order valence-electron chi connectivity index (χ3n) is 2.84. The Hall–Kier alpha value is -0.220. The molecule has 82 valence electrons. The number of amides is 1. The summed E-state index contributed by atoms with van der Waals surface area (Å²) >= 11 is 4.17. The van der Waals surface area contributed by atoms with Gasteiger partial charge in [0.1, 0.15) is 0 Å². The van der Waals surface area contributed by atoms with Crippen molar-refractivity contribution in [3.63, 3.8) is 0 Å². The predicted octanol–water partition coefficient (Wildman–Crippen LogP) is 0.857. The predicted molar refractivity (Wildman–Crippen MR) is 61.7 cm³/mol. The number of carbonyl (C=O) groups excluding carboxylic acids is 1. The Morgan fingerprint density at radius 2 is 2.21 bits per heavy atom. The first-order chi connectivity index (χ1) is 6.56. The zero-order valence-corrected chi connectivity index (χ0v) is 10.1. The Kier molecular flexibility index (Phi) is 4.26. The summed E-state index contributed by atoms with van der Waals surface area (Å²) in [6, 6.07) is 0.477. The Labute approximate surface area is 91.9 Å². The number of hydrogen-bond acceptors (Lipinski definition) is 3. The fourth-order valence-corrected chi connectivity index (χ4v) is 2.09. The van der Waals surface area contributed by atoms with Crippen molar-refractivity contribution >= 4 is 18.5 Å². The van der Waals surface area contributed by atoms with Crippen molar-refractivity contribution in [2.24, 2.45) is 0 Å². The lowest BCUT2D eigenvalue weighted by molar-refractivity contribution is -0.133. The highest BCUT2D eigenvalue weighted by Crippen LogP contribution is 2.11. The van der Waals surface area contributed by atoms with E-state index in [9.17, 15) is 4.79 Å². The highest BCUT2D eigenvalue weighted by atomic mass is 32.1. The van der Waals surface area contributed by atoms with E-state index in [1.807, 2.05) is 11.8 Å². The molecule has 0 N–H and O–H groups in total. The number of likely N-dealkylation sites (N-methyl/N-ethyl adjacent to an activating group) is 1. The zero-order valence-electron chi connectivity index (χ0n) is 9.23. The maximum Gasteiger partial charge on any atom is 0.235 e. The van der Waals surface area contributed by atoms with Crippen LogP contribution in [-0.4, -0.2) is 53.2 Å². The first-order valence-corrected chi connectivity index (χ1v) is 5.78. The normalized spacial score (nSPS) is 26.3. The van der Waals surface area contributed by atoms with E-state index in [0.29, 0.717) is 6.04 Å². The van der Waals surface area contributed by atoms with E-state index in [2.05, 4.69) is 31.4 Å². The smallest absolute Gasteiger partial charge is 0.235 e. The summed E-state index contributed by atoms with van der Waals surface area (Å²) in [5, 5.41) is -0.171. The van der Waals surface area contributed by atoms with Gasteiger partial charge in [-0.1, -0.05) is 6.92 Å². The summed E-state index contributed by atoms with van der Waals surface area (Å²) in [7, 11) is 0. The molecule has 3 nitrogen and oxygen atoms in total. The number of rotatable bonds is 2. The summed E-state index contributed by atoms with van der Waals surface area (Å²) in [6.45, 7) is 9.92. The van der Waals surface area contributed by atoms with Crippen LogP contribution in [0.4, 0.5) is 0 Å². The van der Waals surface area contributed by atoms with Crippen molar-refractivity contribution in [3.05, 3.63) is 0 Å². The SMILES string of the molecule is CCN1CCN(C(=O)C(C)S)CC1C. The van der Waals surface area contributed by atoms with Gasteiger partial charge in [0.15, 0.2) is 0 Å². The highest BCUT2D eigenvalue weighted by molar-refractivity contribution is 7.81. The summed E-state index contributed by atoms with van der Waals surface area (Å²) in [4.78, 5) is 16.0. The van der Waals surface area contributed by atoms with Crippen LogP contribution in [0, 0.1) is 0 Å². The van der Waals surface area contributed by atoms with Crippen LogP contribution in [0.2, 0.25) is 0 Å². The molecular formula is C10H20N2OS. The van der Waals surface area contributed by atoms with Crippen LogP contribution in [0.15, 0.2) is 0 Å². The van der Waals surface area contributed by atoms with E-state index in [1.165, 1.54) is 0 Å². The van der Waals surface area contributed by atoms with Crippen molar-refractivity contribution < 1.29 is 4.79 Å². The van der Waals surface area contributed by atoms with Crippen molar-refractivity contribution in [1.29, 1.82) is 0 Å². The minimum absolute atomic E-state index is 0.163. The molecule has 1 aliphatic heterocycles. The average molecular weight is 216 g/mol. The first-order valence-electron chi connectivity index (χ1n) is 5.27. The molecule has 0 saturated carbocycles. The molecule has 4 heteroatoms. The molecular weight excluding hydrogens is 196 g/mol. The van der Waals surface area contributed by atoms with Crippen molar-refractivity contribution in [2.45, 2.75) is 32.1 Å². The molecule has 0 bridgehead atoms. The lowest BCUT2D eigenvalue weighted by atomic mass is 10.2. The van der Waals surface area contributed by atoms with Gasteiger partial charge in [-0.3, -0.25) is 9.69 Å². The monoisotopic (exact) mass is 216 g/mol. The summed E-state index contributed by atoms with van der Waals surface area (Å²) in [6.07, 6.45) is 0. The van der Waals surface area contributed by atoms with E-state index in [1.54, 1.807) is 0 Å². The maximum atomic E-state index is 11.7. The van der Waals surface area contributed by atoms with Crippen molar-refractivity contribution in [1.82, 2.24) is 9.80 Å². The maximum absolute atomic E-state index is 11.7. The molecule has 14 heavy (non-hydrogen) atoms. The van der Waals surface area contributed by atoms with Crippen LogP contribution in [0.1, 0.15) is 20.8 Å². The average Bonchev–Trinajstić information content (AvgIpc) is 2.16. The van der Waals surface area contributed by atoms with Crippen molar-refractivity contribution in [2.75, 3.05) is 26.2 Å². The van der Waals surface area contributed by atoms with Crippen LogP contribution in [0.3, 0.4) is 0 Å². The Morgan fingerprint density at radius 1 is 1.57 bits per heavy atom. The Bertz CT molecular complexity index is 208. The fraction of sp³-hybridized carbons (Fsp3) is 0.900. The molecule has 1 rings (SSSR count). The first kappa shape index (κ1) is 11.9. The summed E-state index contributed by atoms with van der Waals surface area (Å²) < 4.78 is 0. The van der Waals surface area contributed by atoms with Gasteiger partial charge in [0, 0.05) is 25.7 Å². The topological polar surface area (TPSA) is 23.6 Å². The molecule has 0 spiro atoms. The summed E-state index contributed by atoms with van der Waals surface area (Å²) in [5.74, 6) is 0.163. The summed E-state index contributed by atoms with van der Waals surface area (Å²) in [5.41, 5.74) is 0.